The van der Waals surface area contributed by atoms with E-state index in [2.05, 4.69) is 15.0 Å². The van der Waals surface area contributed by atoms with Crippen molar-refractivity contribution in [2.24, 2.45) is 0 Å². The van der Waals surface area contributed by atoms with Gasteiger partial charge in [0.15, 0.2) is 0 Å². The first kappa shape index (κ1) is 20.5. The van der Waals surface area contributed by atoms with Crippen molar-refractivity contribution in [3.05, 3.63) is 83.6 Å². The van der Waals surface area contributed by atoms with E-state index in [-0.39, 0.29) is 17.0 Å². The summed E-state index contributed by atoms with van der Waals surface area (Å²) in [7, 11) is -2.29. The number of anilines is 1. The quantitative estimate of drug-likeness (QED) is 0.623. The number of nitrogens with one attached hydrogen (secondary N) is 2. The molecule has 0 aliphatic rings. The molecule has 0 bridgehead atoms. The fourth-order valence-corrected chi connectivity index (χ4v) is 3.95. The van der Waals surface area contributed by atoms with E-state index in [0.29, 0.717) is 17.1 Å². The zero-order valence-electron chi connectivity index (χ0n) is 16.0. The third-order valence-electron chi connectivity index (χ3n) is 4.25. The highest BCUT2D eigenvalue weighted by molar-refractivity contribution is 7.89. The van der Waals surface area contributed by atoms with E-state index in [9.17, 15) is 13.2 Å². The number of nitrogens with zero attached hydrogens (tertiary/aromatic N) is 1. The van der Waals surface area contributed by atoms with Crippen LogP contribution in [-0.2, 0) is 16.6 Å². The molecule has 29 heavy (non-hydrogen) atoms. The van der Waals surface area contributed by atoms with E-state index in [0.717, 1.165) is 5.56 Å². The summed E-state index contributed by atoms with van der Waals surface area (Å²) in [6, 6.07) is 17.0. The van der Waals surface area contributed by atoms with Gasteiger partial charge < -0.3 is 10.1 Å². The number of hydrogen-bond acceptors (Lipinski definition) is 5. The molecular weight excluding hydrogens is 390 g/mol. The Labute approximate surface area is 169 Å². The first-order chi connectivity index (χ1) is 13.9. The van der Waals surface area contributed by atoms with Crippen LogP contribution in [0.15, 0.2) is 71.8 Å². The van der Waals surface area contributed by atoms with Crippen molar-refractivity contribution in [2.45, 2.75) is 18.4 Å². The molecule has 2 N–H and O–H groups in total. The summed E-state index contributed by atoms with van der Waals surface area (Å²) in [5, 5.41) is 2.69. The van der Waals surface area contributed by atoms with Crippen LogP contribution in [0.4, 0.5) is 5.69 Å². The number of sulfonamides is 1. The lowest BCUT2D eigenvalue weighted by Crippen LogP contribution is -2.24. The lowest BCUT2D eigenvalue weighted by Gasteiger charge is -2.12. The van der Waals surface area contributed by atoms with E-state index in [1.807, 2.05) is 30.3 Å². The average Bonchev–Trinajstić information content (AvgIpc) is 2.74. The summed E-state index contributed by atoms with van der Waals surface area (Å²) in [4.78, 5) is 16.6. The molecular formula is C21H21N3O4S. The molecule has 3 rings (SSSR count). The maximum absolute atomic E-state index is 12.8. The molecule has 1 aromatic heterocycles. The molecule has 150 valence electrons. The molecule has 0 radical (unpaired) electrons. The predicted octanol–water partition coefficient (Wildman–Crippen LogP) is 3.13. The second kappa shape index (κ2) is 8.85. The topological polar surface area (TPSA) is 97.4 Å². The Kier molecular flexibility index (Phi) is 6.26. The van der Waals surface area contributed by atoms with Gasteiger partial charge in [0.25, 0.3) is 5.91 Å². The van der Waals surface area contributed by atoms with Crippen molar-refractivity contribution >= 4 is 21.6 Å². The second-order valence-corrected chi connectivity index (χ2v) is 8.07. The highest BCUT2D eigenvalue weighted by atomic mass is 32.2. The Morgan fingerprint density at radius 3 is 2.48 bits per heavy atom. The van der Waals surface area contributed by atoms with E-state index in [4.69, 9.17) is 4.74 Å². The number of methoxy groups -OCH3 is 1. The van der Waals surface area contributed by atoms with Gasteiger partial charge in [-0.2, -0.15) is 0 Å². The zero-order chi connectivity index (χ0) is 20.9. The molecule has 0 unspecified atom stereocenters. The molecule has 1 amide bonds. The van der Waals surface area contributed by atoms with E-state index in [1.165, 1.54) is 19.4 Å². The molecule has 0 spiro atoms. The van der Waals surface area contributed by atoms with Gasteiger partial charge in [0.1, 0.15) is 0 Å². The van der Waals surface area contributed by atoms with Gasteiger partial charge in [-0.05, 0) is 36.2 Å². The number of hydrogen-bond donors (Lipinski definition) is 2. The van der Waals surface area contributed by atoms with E-state index >= 15 is 0 Å². The maximum atomic E-state index is 12.8. The molecule has 3 aromatic rings. The molecule has 0 aliphatic heterocycles. The standard InChI is InChI=1S/C21H21N3O4S/c1-15-8-9-17(21(25)24-18-10-11-20(28-2)22-14-18)12-19(15)29(26,27)23-13-16-6-4-3-5-7-16/h3-12,14,23H,13H2,1-2H3,(H,24,25). The number of aromatic nitrogens is 1. The number of carbonyl (C=O) groups excluding carboxylic acids is 1. The minimum Gasteiger partial charge on any atom is -0.481 e. The van der Waals surface area contributed by atoms with Gasteiger partial charge in [-0.15, -0.1) is 0 Å². The van der Waals surface area contributed by atoms with Crippen LogP contribution in [0.25, 0.3) is 0 Å². The normalized spacial score (nSPS) is 11.1. The number of aryl methyl sites for hydroxylation is 1. The van der Waals surface area contributed by atoms with Crippen LogP contribution in [0.5, 0.6) is 5.88 Å². The molecule has 8 heteroatoms. The summed E-state index contributed by atoms with van der Waals surface area (Å²) in [6.07, 6.45) is 1.46. The summed E-state index contributed by atoms with van der Waals surface area (Å²) < 4.78 is 33.1. The zero-order valence-corrected chi connectivity index (χ0v) is 16.9. The predicted molar refractivity (Wildman–Crippen MR) is 110 cm³/mol. The highest BCUT2D eigenvalue weighted by Crippen LogP contribution is 2.19. The Bertz CT molecular complexity index is 1100. The van der Waals surface area contributed by atoms with Gasteiger partial charge in [-0.3, -0.25) is 4.79 Å². The summed E-state index contributed by atoms with van der Waals surface area (Å²) in [5.74, 6) is -0.00678. The smallest absolute Gasteiger partial charge is 0.255 e. The summed E-state index contributed by atoms with van der Waals surface area (Å²) in [6.45, 7) is 1.85. The number of benzene rings is 2. The number of ether oxygens (including phenoxy) is 1. The number of pyridine rings is 1. The minimum absolute atomic E-state index is 0.0638. The first-order valence-electron chi connectivity index (χ1n) is 8.85. The van der Waals surface area contributed by atoms with E-state index < -0.39 is 15.9 Å². The van der Waals surface area contributed by atoms with Crippen molar-refractivity contribution in [3.8, 4) is 5.88 Å². The maximum Gasteiger partial charge on any atom is 0.255 e. The molecule has 1 heterocycles. The minimum atomic E-state index is -3.79. The number of rotatable bonds is 7. The van der Waals surface area contributed by atoms with Gasteiger partial charge in [0, 0.05) is 18.2 Å². The van der Waals surface area contributed by atoms with Crippen molar-refractivity contribution in [3.63, 3.8) is 0 Å². The fraction of sp³-hybridized carbons (Fsp3) is 0.143. The summed E-state index contributed by atoms with van der Waals surface area (Å²) >= 11 is 0. The Hall–Kier alpha value is -3.23. The monoisotopic (exact) mass is 411 g/mol. The van der Waals surface area contributed by atoms with Crippen molar-refractivity contribution < 1.29 is 17.9 Å². The molecule has 7 nitrogen and oxygen atoms in total. The van der Waals surface area contributed by atoms with Crippen LogP contribution < -0.4 is 14.8 Å². The summed E-state index contributed by atoms with van der Waals surface area (Å²) in [5.41, 5.74) is 2.09. The SMILES string of the molecule is COc1ccc(NC(=O)c2ccc(C)c(S(=O)(=O)NCc3ccccc3)c2)cn1. The fourth-order valence-electron chi connectivity index (χ4n) is 2.66. The largest absolute Gasteiger partial charge is 0.481 e. The van der Waals surface area contributed by atoms with Crippen molar-refractivity contribution in [1.82, 2.24) is 9.71 Å². The Morgan fingerprint density at radius 2 is 1.83 bits per heavy atom. The van der Waals surface area contributed by atoms with Crippen LogP contribution >= 0.6 is 0 Å². The molecule has 2 aromatic carbocycles. The van der Waals surface area contributed by atoms with E-state index in [1.54, 1.807) is 31.2 Å². The third kappa shape index (κ3) is 5.18. The van der Waals surface area contributed by atoms with Crippen LogP contribution in [0.2, 0.25) is 0 Å². The lowest BCUT2D eigenvalue weighted by molar-refractivity contribution is 0.102. The molecule has 0 saturated carbocycles. The first-order valence-corrected chi connectivity index (χ1v) is 10.3. The van der Waals surface area contributed by atoms with Crippen LogP contribution in [0, 0.1) is 6.92 Å². The van der Waals surface area contributed by atoms with Crippen LogP contribution in [0.3, 0.4) is 0 Å². The number of amides is 1. The molecule has 0 saturated heterocycles. The third-order valence-corrected chi connectivity index (χ3v) is 5.80. The van der Waals surface area contributed by atoms with Gasteiger partial charge in [-0.1, -0.05) is 36.4 Å². The Morgan fingerprint density at radius 1 is 1.07 bits per heavy atom. The molecule has 0 aliphatic carbocycles. The molecule has 0 fully saturated rings. The Balaban J connectivity index is 1.78. The van der Waals surface area contributed by atoms with Gasteiger partial charge in [-0.25, -0.2) is 18.1 Å². The number of carbonyl (C=O) groups is 1. The van der Waals surface area contributed by atoms with Crippen molar-refractivity contribution in [1.29, 1.82) is 0 Å². The van der Waals surface area contributed by atoms with Crippen molar-refractivity contribution in [2.75, 3.05) is 12.4 Å². The second-order valence-electron chi connectivity index (χ2n) is 6.33. The molecule has 0 atom stereocenters. The van der Waals surface area contributed by atoms with Crippen LogP contribution in [-0.4, -0.2) is 26.4 Å². The van der Waals surface area contributed by atoms with Gasteiger partial charge in [0.2, 0.25) is 15.9 Å². The highest BCUT2D eigenvalue weighted by Gasteiger charge is 2.19. The van der Waals surface area contributed by atoms with Gasteiger partial charge in [0.05, 0.1) is 23.9 Å². The average molecular weight is 411 g/mol. The van der Waals surface area contributed by atoms with Crippen LogP contribution in [0.1, 0.15) is 21.5 Å². The van der Waals surface area contributed by atoms with Gasteiger partial charge >= 0.3 is 0 Å². The lowest BCUT2D eigenvalue weighted by atomic mass is 10.1.